The van der Waals surface area contributed by atoms with Crippen molar-refractivity contribution < 1.29 is 9.53 Å². The summed E-state index contributed by atoms with van der Waals surface area (Å²) < 4.78 is 7.56. The Hall–Kier alpha value is -3.16. The molecule has 1 unspecified atom stereocenters. The van der Waals surface area contributed by atoms with E-state index in [1.807, 2.05) is 54.6 Å². The maximum Gasteiger partial charge on any atom is 0.156 e. The number of nitrogens with two attached hydrogens (primary N) is 2. The Balaban J connectivity index is 0.00000102. The Bertz CT molecular complexity index is 891. The summed E-state index contributed by atoms with van der Waals surface area (Å²) in [4.78, 5) is 11.6. The van der Waals surface area contributed by atoms with Crippen LogP contribution in [0.5, 0.6) is 11.5 Å². The highest BCUT2D eigenvalue weighted by atomic mass is 16.5. The summed E-state index contributed by atoms with van der Waals surface area (Å²) in [6, 6.07) is 17.1. The van der Waals surface area contributed by atoms with Crippen molar-refractivity contribution >= 4 is 12.1 Å². The third-order valence-corrected chi connectivity index (χ3v) is 4.15. The molecule has 0 aliphatic carbocycles. The molecular weight excluding hydrogens is 342 g/mol. The molecule has 1 atom stereocenters. The van der Waals surface area contributed by atoms with Gasteiger partial charge < -0.3 is 21.5 Å². The zero-order chi connectivity index (χ0) is 19.2. The SMILES string of the molecule is CN.NC1CNc2c(C=O)c(-c3ccc(Oc4ccccc4)cc3)nn2C1. The average molecular weight is 365 g/mol. The van der Waals surface area contributed by atoms with Crippen LogP contribution in [0.3, 0.4) is 0 Å². The summed E-state index contributed by atoms with van der Waals surface area (Å²) in [6.07, 6.45) is 0.840. The molecule has 0 bridgehead atoms. The maximum absolute atomic E-state index is 11.6. The first-order chi connectivity index (χ1) is 13.2. The van der Waals surface area contributed by atoms with Crippen molar-refractivity contribution in [1.82, 2.24) is 9.78 Å². The van der Waals surface area contributed by atoms with Crippen LogP contribution in [0.2, 0.25) is 0 Å². The van der Waals surface area contributed by atoms with E-state index in [9.17, 15) is 4.79 Å². The monoisotopic (exact) mass is 365 g/mol. The van der Waals surface area contributed by atoms with E-state index < -0.39 is 0 Å². The fraction of sp³-hybridized carbons (Fsp3) is 0.200. The zero-order valence-electron chi connectivity index (χ0n) is 15.1. The van der Waals surface area contributed by atoms with Gasteiger partial charge in [0.25, 0.3) is 0 Å². The molecule has 5 N–H and O–H groups in total. The molecule has 7 heteroatoms. The number of para-hydroxylation sites is 1. The first-order valence-corrected chi connectivity index (χ1v) is 8.71. The van der Waals surface area contributed by atoms with Gasteiger partial charge in [-0.15, -0.1) is 0 Å². The maximum atomic E-state index is 11.6. The molecule has 1 aliphatic rings. The fourth-order valence-corrected chi connectivity index (χ4v) is 2.94. The van der Waals surface area contributed by atoms with Crippen LogP contribution in [-0.2, 0) is 6.54 Å². The second-order valence-electron chi connectivity index (χ2n) is 5.99. The van der Waals surface area contributed by atoms with Crippen LogP contribution in [0, 0.1) is 0 Å². The van der Waals surface area contributed by atoms with Crippen LogP contribution in [0.25, 0.3) is 11.3 Å². The van der Waals surface area contributed by atoms with E-state index in [1.165, 1.54) is 7.05 Å². The quantitative estimate of drug-likeness (QED) is 0.613. The van der Waals surface area contributed by atoms with E-state index in [2.05, 4.69) is 16.1 Å². The van der Waals surface area contributed by atoms with Gasteiger partial charge in [0.15, 0.2) is 6.29 Å². The highest BCUT2D eigenvalue weighted by molar-refractivity contribution is 5.92. The minimum Gasteiger partial charge on any atom is -0.457 e. The summed E-state index contributed by atoms with van der Waals surface area (Å²) in [6.45, 7) is 1.23. The van der Waals surface area contributed by atoms with Crippen molar-refractivity contribution in [2.45, 2.75) is 12.6 Å². The molecular formula is C20H23N5O2. The number of hydrogen-bond donors (Lipinski definition) is 3. The molecule has 0 saturated carbocycles. The first-order valence-electron chi connectivity index (χ1n) is 8.71. The van der Waals surface area contributed by atoms with Crippen LogP contribution in [0.4, 0.5) is 5.82 Å². The predicted molar refractivity (Wildman–Crippen MR) is 106 cm³/mol. The number of rotatable bonds is 4. The highest BCUT2D eigenvalue weighted by Gasteiger charge is 2.23. The number of aromatic nitrogens is 2. The predicted octanol–water partition coefficient (Wildman–Crippen LogP) is 2.48. The van der Waals surface area contributed by atoms with Gasteiger partial charge in [-0.2, -0.15) is 5.10 Å². The highest BCUT2D eigenvalue weighted by Crippen LogP contribution is 2.31. The molecule has 2 aromatic carbocycles. The number of anilines is 1. The lowest BCUT2D eigenvalue weighted by Crippen LogP contribution is -2.38. The topological polar surface area (TPSA) is 108 Å². The molecule has 0 amide bonds. The molecule has 1 aromatic heterocycles. The lowest BCUT2D eigenvalue weighted by Gasteiger charge is -2.21. The number of carbonyl (C=O) groups is 1. The lowest BCUT2D eigenvalue weighted by atomic mass is 10.1. The molecule has 1 aliphatic heterocycles. The van der Waals surface area contributed by atoms with Gasteiger partial charge in [-0.1, -0.05) is 18.2 Å². The van der Waals surface area contributed by atoms with E-state index in [0.29, 0.717) is 24.3 Å². The Morgan fingerprint density at radius 3 is 2.44 bits per heavy atom. The first kappa shape index (κ1) is 18.6. The van der Waals surface area contributed by atoms with Gasteiger partial charge in [-0.3, -0.25) is 4.79 Å². The van der Waals surface area contributed by atoms with Gasteiger partial charge in [-0.05, 0) is 43.4 Å². The molecule has 7 nitrogen and oxygen atoms in total. The number of fused-ring (bicyclic) bond motifs is 1. The van der Waals surface area contributed by atoms with E-state index in [1.54, 1.807) is 4.68 Å². The minimum absolute atomic E-state index is 0.0126. The molecule has 0 radical (unpaired) electrons. The van der Waals surface area contributed by atoms with Crippen molar-refractivity contribution in [3.8, 4) is 22.8 Å². The molecule has 3 aromatic rings. The number of nitrogens with zero attached hydrogens (tertiary/aromatic N) is 2. The summed E-state index contributed by atoms with van der Waals surface area (Å²) in [7, 11) is 1.50. The Kier molecular flexibility index (Phi) is 5.85. The number of benzene rings is 2. The van der Waals surface area contributed by atoms with Crippen molar-refractivity contribution in [2.75, 3.05) is 18.9 Å². The molecule has 140 valence electrons. The van der Waals surface area contributed by atoms with Crippen LogP contribution >= 0.6 is 0 Å². The third kappa shape index (κ3) is 3.99. The largest absolute Gasteiger partial charge is 0.457 e. The van der Waals surface area contributed by atoms with Gasteiger partial charge in [0, 0.05) is 18.2 Å². The van der Waals surface area contributed by atoms with Crippen molar-refractivity contribution in [2.24, 2.45) is 11.5 Å². The van der Waals surface area contributed by atoms with E-state index in [-0.39, 0.29) is 6.04 Å². The second kappa shape index (κ2) is 8.48. The van der Waals surface area contributed by atoms with Gasteiger partial charge in [0.05, 0.1) is 12.1 Å². The molecule has 0 spiro atoms. The minimum atomic E-state index is -0.0126. The van der Waals surface area contributed by atoms with Crippen molar-refractivity contribution in [1.29, 1.82) is 0 Å². The fourth-order valence-electron chi connectivity index (χ4n) is 2.94. The molecule has 4 rings (SSSR count). The van der Waals surface area contributed by atoms with Crippen molar-refractivity contribution in [3.05, 3.63) is 60.2 Å². The van der Waals surface area contributed by atoms with Crippen LogP contribution in [0.15, 0.2) is 54.6 Å². The Labute approximate surface area is 157 Å². The summed E-state index contributed by atoms with van der Waals surface area (Å²) in [5.41, 5.74) is 12.5. The number of nitrogens with one attached hydrogen (secondary N) is 1. The number of ether oxygens (including phenoxy) is 1. The molecule has 0 fully saturated rings. The van der Waals surface area contributed by atoms with Crippen molar-refractivity contribution in [3.63, 3.8) is 0 Å². The zero-order valence-corrected chi connectivity index (χ0v) is 15.1. The van der Waals surface area contributed by atoms with Gasteiger partial charge >= 0.3 is 0 Å². The summed E-state index contributed by atoms with van der Waals surface area (Å²) >= 11 is 0. The Morgan fingerprint density at radius 2 is 1.78 bits per heavy atom. The van der Waals surface area contributed by atoms with Gasteiger partial charge in [0.1, 0.15) is 23.0 Å². The number of aldehydes is 1. The molecule has 0 saturated heterocycles. The summed E-state index contributed by atoms with van der Waals surface area (Å²) in [5.74, 6) is 2.24. The van der Waals surface area contributed by atoms with E-state index in [4.69, 9.17) is 10.5 Å². The van der Waals surface area contributed by atoms with E-state index >= 15 is 0 Å². The van der Waals surface area contributed by atoms with Crippen LogP contribution in [0.1, 0.15) is 10.4 Å². The average Bonchev–Trinajstić information content (AvgIpc) is 3.08. The Morgan fingerprint density at radius 1 is 1.11 bits per heavy atom. The van der Waals surface area contributed by atoms with Gasteiger partial charge in [0.2, 0.25) is 0 Å². The molecule has 2 heterocycles. The van der Waals surface area contributed by atoms with E-state index in [0.717, 1.165) is 29.2 Å². The van der Waals surface area contributed by atoms with Gasteiger partial charge in [-0.25, -0.2) is 4.68 Å². The smallest absolute Gasteiger partial charge is 0.156 e. The summed E-state index contributed by atoms with van der Waals surface area (Å²) in [5, 5.41) is 7.74. The van der Waals surface area contributed by atoms with Crippen LogP contribution < -0.4 is 21.5 Å². The normalized spacial score (nSPS) is 15.0. The third-order valence-electron chi connectivity index (χ3n) is 4.15. The van der Waals surface area contributed by atoms with Crippen LogP contribution in [-0.4, -0.2) is 35.7 Å². The second-order valence-corrected chi connectivity index (χ2v) is 5.99. The lowest BCUT2D eigenvalue weighted by molar-refractivity contribution is 0.112. The standard InChI is InChI=1S/C19H18N4O2.CH5N/c20-14-10-21-19-17(12-24)18(22-23(19)11-14)13-6-8-16(9-7-13)25-15-4-2-1-3-5-15;1-2/h1-9,12,14,21H,10-11,20H2;2H2,1H3. The molecule has 27 heavy (non-hydrogen) atoms. The number of hydrogen-bond acceptors (Lipinski definition) is 6. The number of carbonyl (C=O) groups excluding carboxylic acids is 1.